The van der Waals surface area contributed by atoms with Gasteiger partial charge in [-0.05, 0) is 54.8 Å². The standard InChI is InChI=1S/C26H25N5O2S/c1-16-9-12-20(15-17(16)2)27-25(32)23-22(18-10-13-21(33-3)14-11-18)30-31-24(28-29-26(31)34-23)19-7-5-4-6-8-19/h4-15,22-23,30H,1-3H3,(H,27,32)/t22-,23+/m0/s1. The van der Waals surface area contributed by atoms with Gasteiger partial charge in [-0.2, -0.15) is 0 Å². The number of hydrogen-bond acceptors (Lipinski definition) is 6. The van der Waals surface area contributed by atoms with E-state index in [2.05, 4.69) is 27.9 Å². The third kappa shape index (κ3) is 4.24. The van der Waals surface area contributed by atoms with Crippen LogP contribution in [-0.4, -0.2) is 33.1 Å². The number of nitrogens with zero attached hydrogens (tertiary/aromatic N) is 3. The van der Waals surface area contributed by atoms with Gasteiger partial charge in [0.2, 0.25) is 11.1 Å². The summed E-state index contributed by atoms with van der Waals surface area (Å²) in [7, 11) is 1.64. The van der Waals surface area contributed by atoms with E-state index in [9.17, 15) is 4.79 Å². The Labute approximate surface area is 202 Å². The number of aryl methyl sites for hydroxylation is 2. The van der Waals surface area contributed by atoms with Gasteiger partial charge in [-0.25, -0.2) is 4.68 Å². The molecule has 0 fully saturated rings. The molecule has 0 saturated heterocycles. The predicted molar refractivity (Wildman–Crippen MR) is 135 cm³/mol. The van der Waals surface area contributed by atoms with Gasteiger partial charge in [-0.15, -0.1) is 10.2 Å². The third-order valence-corrected chi connectivity index (χ3v) is 7.19. The Morgan fingerprint density at radius 3 is 2.47 bits per heavy atom. The van der Waals surface area contributed by atoms with Gasteiger partial charge >= 0.3 is 0 Å². The Hall–Kier alpha value is -3.78. The maximum Gasteiger partial charge on any atom is 0.240 e. The van der Waals surface area contributed by atoms with Crippen LogP contribution in [0.25, 0.3) is 11.4 Å². The average Bonchev–Trinajstić information content (AvgIpc) is 3.29. The molecule has 172 valence electrons. The molecule has 0 bridgehead atoms. The van der Waals surface area contributed by atoms with Crippen molar-refractivity contribution in [2.45, 2.75) is 30.3 Å². The molecule has 5 rings (SSSR count). The van der Waals surface area contributed by atoms with E-state index in [1.54, 1.807) is 7.11 Å². The van der Waals surface area contributed by atoms with Gasteiger partial charge in [0.25, 0.3) is 0 Å². The van der Waals surface area contributed by atoms with Crippen LogP contribution in [0.3, 0.4) is 0 Å². The fourth-order valence-electron chi connectivity index (χ4n) is 3.92. The van der Waals surface area contributed by atoms with Crippen LogP contribution in [-0.2, 0) is 4.79 Å². The number of thioether (sulfide) groups is 1. The molecule has 1 aromatic heterocycles. The molecule has 0 saturated carbocycles. The van der Waals surface area contributed by atoms with Crippen LogP contribution in [0, 0.1) is 13.8 Å². The Kier molecular flexibility index (Phi) is 5.98. The first-order valence-corrected chi connectivity index (χ1v) is 11.9. The fraction of sp³-hybridized carbons (Fsp3) is 0.192. The molecule has 3 aromatic carbocycles. The van der Waals surface area contributed by atoms with Gasteiger partial charge in [0.15, 0.2) is 5.82 Å². The van der Waals surface area contributed by atoms with Crippen LogP contribution >= 0.6 is 11.8 Å². The molecule has 0 spiro atoms. The number of carbonyl (C=O) groups is 1. The number of fused-ring (bicyclic) bond motifs is 1. The number of hydrogen-bond donors (Lipinski definition) is 2. The molecule has 34 heavy (non-hydrogen) atoms. The molecule has 0 aliphatic carbocycles. The lowest BCUT2D eigenvalue weighted by molar-refractivity contribution is -0.116. The lowest BCUT2D eigenvalue weighted by Gasteiger charge is -2.33. The number of aromatic nitrogens is 3. The number of nitrogens with one attached hydrogen (secondary N) is 2. The normalized spacial score (nSPS) is 16.9. The number of benzene rings is 3. The van der Waals surface area contributed by atoms with Crippen molar-refractivity contribution < 1.29 is 9.53 Å². The summed E-state index contributed by atoms with van der Waals surface area (Å²) in [5.41, 5.74) is 8.51. The summed E-state index contributed by atoms with van der Waals surface area (Å²) in [5.74, 6) is 1.37. The van der Waals surface area contributed by atoms with Crippen molar-refractivity contribution in [3.8, 4) is 17.1 Å². The van der Waals surface area contributed by atoms with E-state index in [1.807, 2.05) is 84.4 Å². The van der Waals surface area contributed by atoms with Crippen LogP contribution < -0.4 is 15.5 Å². The largest absolute Gasteiger partial charge is 0.497 e. The highest BCUT2D eigenvalue weighted by molar-refractivity contribution is 8.00. The molecule has 8 heteroatoms. The van der Waals surface area contributed by atoms with Gasteiger partial charge in [-0.3, -0.25) is 4.79 Å². The van der Waals surface area contributed by atoms with Crippen molar-refractivity contribution in [2.75, 3.05) is 17.9 Å². The molecular formula is C26H25N5O2S. The number of methoxy groups -OCH3 is 1. The average molecular weight is 472 g/mol. The molecule has 1 aliphatic rings. The molecule has 1 amide bonds. The van der Waals surface area contributed by atoms with E-state index >= 15 is 0 Å². The van der Waals surface area contributed by atoms with Crippen molar-refractivity contribution in [2.24, 2.45) is 0 Å². The van der Waals surface area contributed by atoms with E-state index in [1.165, 1.54) is 17.3 Å². The summed E-state index contributed by atoms with van der Waals surface area (Å²) in [6.07, 6.45) is 0. The minimum absolute atomic E-state index is 0.0999. The lowest BCUT2D eigenvalue weighted by atomic mass is 10.0. The SMILES string of the molecule is COc1ccc([C@@H]2Nn3c(nnc3-c3ccccc3)S[C@H]2C(=O)Nc2ccc(C)c(C)c2)cc1. The third-order valence-electron chi connectivity index (χ3n) is 5.98. The maximum atomic E-state index is 13.5. The molecule has 4 aromatic rings. The molecule has 0 radical (unpaired) electrons. The van der Waals surface area contributed by atoms with Crippen molar-refractivity contribution >= 4 is 23.4 Å². The predicted octanol–water partition coefficient (Wildman–Crippen LogP) is 4.97. The first kappa shape index (κ1) is 22.0. The number of amides is 1. The van der Waals surface area contributed by atoms with Gasteiger partial charge in [0.05, 0.1) is 13.2 Å². The van der Waals surface area contributed by atoms with Crippen molar-refractivity contribution in [1.29, 1.82) is 0 Å². The van der Waals surface area contributed by atoms with Crippen molar-refractivity contribution in [1.82, 2.24) is 14.9 Å². The van der Waals surface area contributed by atoms with Gasteiger partial charge in [0, 0.05) is 11.3 Å². The zero-order valence-electron chi connectivity index (χ0n) is 19.1. The molecule has 2 N–H and O–H groups in total. The van der Waals surface area contributed by atoms with Crippen LogP contribution in [0.1, 0.15) is 22.7 Å². The Morgan fingerprint density at radius 1 is 1.00 bits per heavy atom. The van der Waals surface area contributed by atoms with Gasteiger partial charge < -0.3 is 15.5 Å². The van der Waals surface area contributed by atoms with E-state index in [0.29, 0.717) is 11.0 Å². The first-order chi connectivity index (χ1) is 16.5. The quantitative estimate of drug-likeness (QED) is 0.428. The van der Waals surface area contributed by atoms with Crippen LogP contribution in [0.4, 0.5) is 5.69 Å². The second-order valence-electron chi connectivity index (χ2n) is 8.21. The Balaban J connectivity index is 1.50. The van der Waals surface area contributed by atoms with Crippen LogP contribution in [0.5, 0.6) is 5.75 Å². The summed E-state index contributed by atoms with van der Waals surface area (Å²) < 4.78 is 7.19. The van der Waals surface area contributed by atoms with E-state index in [0.717, 1.165) is 28.1 Å². The van der Waals surface area contributed by atoms with E-state index in [4.69, 9.17) is 4.74 Å². The van der Waals surface area contributed by atoms with E-state index < -0.39 is 5.25 Å². The smallest absolute Gasteiger partial charge is 0.240 e. The number of carbonyl (C=O) groups excluding carboxylic acids is 1. The lowest BCUT2D eigenvalue weighted by Crippen LogP contribution is -2.41. The number of anilines is 1. The number of ether oxygens (including phenoxy) is 1. The highest BCUT2D eigenvalue weighted by Gasteiger charge is 2.38. The molecule has 2 atom stereocenters. The molecular weight excluding hydrogens is 446 g/mol. The van der Waals surface area contributed by atoms with Gasteiger partial charge in [0.1, 0.15) is 11.0 Å². The molecule has 1 aliphatic heterocycles. The molecule has 0 unspecified atom stereocenters. The Bertz CT molecular complexity index is 1320. The zero-order valence-corrected chi connectivity index (χ0v) is 20.0. The number of rotatable bonds is 5. The highest BCUT2D eigenvalue weighted by atomic mass is 32.2. The Morgan fingerprint density at radius 2 is 1.76 bits per heavy atom. The second kappa shape index (κ2) is 9.23. The first-order valence-electron chi connectivity index (χ1n) is 11.0. The summed E-state index contributed by atoms with van der Waals surface area (Å²) in [4.78, 5) is 13.5. The highest BCUT2D eigenvalue weighted by Crippen LogP contribution is 2.39. The zero-order chi connectivity index (χ0) is 23.7. The van der Waals surface area contributed by atoms with Crippen LogP contribution in [0.15, 0.2) is 78.0 Å². The van der Waals surface area contributed by atoms with E-state index in [-0.39, 0.29) is 11.9 Å². The summed E-state index contributed by atoms with van der Waals surface area (Å²) in [6.45, 7) is 4.09. The summed E-state index contributed by atoms with van der Waals surface area (Å²) >= 11 is 1.40. The van der Waals surface area contributed by atoms with Gasteiger partial charge in [-0.1, -0.05) is 60.3 Å². The van der Waals surface area contributed by atoms with Crippen molar-refractivity contribution in [3.63, 3.8) is 0 Å². The minimum atomic E-state index is -0.463. The molecule has 2 heterocycles. The fourth-order valence-corrected chi connectivity index (χ4v) is 5.00. The summed E-state index contributed by atoms with van der Waals surface area (Å²) in [5, 5.41) is 12.0. The second-order valence-corrected chi connectivity index (χ2v) is 9.32. The maximum absolute atomic E-state index is 13.5. The molecule has 7 nitrogen and oxygen atoms in total. The minimum Gasteiger partial charge on any atom is -0.497 e. The summed E-state index contributed by atoms with van der Waals surface area (Å²) in [6, 6.07) is 23.3. The topological polar surface area (TPSA) is 81.1 Å². The van der Waals surface area contributed by atoms with Crippen LogP contribution in [0.2, 0.25) is 0 Å². The monoisotopic (exact) mass is 471 g/mol. The van der Waals surface area contributed by atoms with Crippen molar-refractivity contribution in [3.05, 3.63) is 89.5 Å².